The maximum absolute atomic E-state index is 11.8. The molecule has 102 valence electrons. The minimum absolute atomic E-state index is 0.0960. The first kappa shape index (κ1) is 15.1. The lowest BCUT2D eigenvalue weighted by Gasteiger charge is -2.19. The molecule has 0 atom stereocenters. The first-order valence-corrected chi connectivity index (χ1v) is 7.36. The molecule has 0 aromatic carbocycles. The van der Waals surface area contributed by atoms with Gasteiger partial charge < -0.3 is 5.11 Å². The van der Waals surface area contributed by atoms with Crippen LogP contribution in [0.2, 0.25) is 0 Å². The molecule has 18 heavy (non-hydrogen) atoms. The number of nitrogens with one attached hydrogen (secondary N) is 1. The Morgan fingerprint density at radius 2 is 2.00 bits per heavy atom. The van der Waals surface area contributed by atoms with Crippen LogP contribution < -0.4 is 4.89 Å². The second-order valence-electron chi connectivity index (χ2n) is 4.31. The van der Waals surface area contributed by atoms with Crippen LogP contribution in [0.3, 0.4) is 0 Å². The summed E-state index contributed by atoms with van der Waals surface area (Å²) < 4.78 is 23.8. The van der Waals surface area contributed by atoms with Crippen molar-refractivity contribution in [2.24, 2.45) is 0 Å². The minimum atomic E-state index is -3.85. The standard InChI is InChI=1S/C10H15NO5S2/c1-6-5-8(17-7(6)2)18(14,15)11-16-10(3,4)9(12)13/h5,11H,1-4H3,(H,12,13). The summed E-state index contributed by atoms with van der Waals surface area (Å²) in [4.78, 5) is 18.2. The van der Waals surface area contributed by atoms with Gasteiger partial charge in [-0.2, -0.15) is 0 Å². The molecule has 2 N–H and O–H groups in total. The summed E-state index contributed by atoms with van der Waals surface area (Å²) in [6, 6.07) is 1.51. The average Bonchev–Trinajstić information content (AvgIpc) is 2.57. The molecule has 1 rings (SSSR count). The van der Waals surface area contributed by atoms with Crippen molar-refractivity contribution in [1.82, 2.24) is 4.89 Å². The molecule has 0 aliphatic rings. The summed E-state index contributed by atoms with van der Waals surface area (Å²) in [5.41, 5.74) is -0.771. The Balaban J connectivity index is 2.87. The van der Waals surface area contributed by atoms with Gasteiger partial charge in [0.15, 0.2) is 5.60 Å². The molecular weight excluding hydrogens is 278 g/mol. The van der Waals surface area contributed by atoms with Crippen LogP contribution in [0.1, 0.15) is 24.3 Å². The zero-order valence-electron chi connectivity index (χ0n) is 10.5. The summed E-state index contributed by atoms with van der Waals surface area (Å²) in [6.07, 6.45) is 0. The fourth-order valence-electron chi connectivity index (χ4n) is 0.915. The van der Waals surface area contributed by atoms with E-state index in [1.165, 1.54) is 19.9 Å². The van der Waals surface area contributed by atoms with Crippen molar-refractivity contribution in [2.75, 3.05) is 0 Å². The highest BCUT2D eigenvalue weighted by Crippen LogP contribution is 2.25. The van der Waals surface area contributed by atoms with Crippen molar-refractivity contribution in [3.8, 4) is 0 Å². The van der Waals surface area contributed by atoms with E-state index >= 15 is 0 Å². The number of sulfonamides is 1. The average molecular weight is 293 g/mol. The number of hydrogen-bond donors (Lipinski definition) is 2. The van der Waals surface area contributed by atoms with Gasteiger partial charge in [0.25, 0.3) is 10.0 Å². The second-order valence-corrected chi connectivity index (χ2v) is 7.44. The Morgan fingerprint density at radius 1 is 1.44 bits per heavy atom. The van der Waals surface area contributed by atoms with E-state index < -0.39 is 21.6 Å². The van der Waals surface area contributed by atoms with Gasteiger partial charge in [-0.15, -0.1) is 11.3 Å². The minimum Gasteiger partial charge on any atom is -0.479 e. The van der Waals surface area contributed by atoms with Crippen molar-refractivity contribution in [3.63, 3.8) is 0 Å². The van der Waals surface area contributed by atoms with Crippen LogP contribution in [0, 0.1) is 13.8 Å². The monoisotopic (exact) mass is 293 g/mol. The first-order chi connectivity index (χ1) is 8.06. The molecule has 0 fully saturated rings. The number of carbonyl (C=O) groups is 1. The van der Waals surface area contributed by atoms with Crippen LogP contribution in [-0.4, -0.2) is 25.1 Å². The van der Waals surface area contributed by atoms with Gasteiger partial charge >= 0.3 is 5.97 Å². The van der Waals surface area contributed by atoms with Gasteiger partial charge in [0.2, 0.25) is 0 Å². The second kappa shape index (κ2) is 4.96. The molecule has 6 nitrogen and oxygen atoms in total. The number of carboxylic acids is 1. The van der Waals surface area contributed by atoms with Crippen molar-refractivity contribution in [3.05, 3.63) is 16.5 Å². The smallest absolute Gasteiger partial charge is 0.337 e. The van der Waals surface area contributed by atoms with E-state index in [2.05, 4.69) is 0 Å². The lowest BCUT2D eigenvalue weighted by Crippen LogP contribution is -2.41. The summed E-state index contributed by atoms with van der Waals surface area (Å²) in [5.74, 6) is -1.26. The van der Waals surface area contributed by atoms with E-state index in [4.69, 9.17) is 9.94 Å². The van der Waals surface area contributed by atoms with Crippen molar-refractivity contribution >= 4 is 27.3 Å². The van der Waals surface area contributed by atoms with Crippen molar-refractivity contribution in [2.45, 2.75) is 37.5 Å². The highest BCUT2D eigenvalue weighted by Gasteiger charge is 2.31. The van der Waals surface area contributed by atoms with Crippen LogP contribution in [0.4, 0.5) is 0 Å². The topological polar surface area (TPSA) is 92.7 Å². The van der Waals surface area contributed by atoms with E-state index in [0.717, 1.165) is 21.8 Å². The summed E-state index contributed by atoms with van der Waals surface area (Å²) in [7, 11) is -3.85. The van der Waals surface area contributed by atoms with Crippen molar-refractivity contribution in [1.29, 1.82) is 0 Å². The van der Waals surface area contributed by atoms with Gasteiger partial charge in [0.1, 0.15) is 4.21 Å². The molecule has 0 aliphatic heterocycles. The van der Waals surface area contributed by atoms with Crippen molar-refractivity contribution < 1.29 is 23.2 Å². The molecule has 1 heterocycles. The molecule has 0 aliphatic carbocycles. The van der Waals surface area contributed by atoms with E-state index in [0.29, 0.717) is 0 Å². The van der Waals surface area contributed by atoms with Gasteiger partial charge in [-0.05, 0) is 39.3 Å². The summed E-state index contributed by atoms with van der Waals surface area (Å²) >= 11 is 1.10. The quantitative estimate of drug-likeness (QED) is 0.801. The van der Waals surface area contributed by atoms with E-state index in [1.54, 1.807) is 13.8 Å². The van der Waals surface area contributed by atoms with Crippen LogP contribution in [0.25, 0.3) is 0 Å². The lowest BCUT2D eigenvalue weighted by molar-refractivity contribution is -0.165. The number of rotatable bonds is 5. The number of aliphatic carboxylic acids is 1. The Labute approximate surface area is 110 Å². The van der Waals surface area contributed by atoms with Gasteiger partial charge in [-0.25, -0.2) is 13.2 Å². The molecule has 1 aromatic rings. The lowest BCUT2D eigenvalue weighted by atomic mass is 10.1. The molecule has 0 unspecified atom stereocenters. The molecule has 0 bridgehead atoms. The molecule has 8 heteroatoms. The number of thiophene rings is 1. The molecule has 0 saturated heterocycles. The van der Waals surface area contributed by atoms with Crippen LogP contribution >= 0.6 is 11.3 Å². The third-order valence-electron chi connectivity index (χ3n) is 2.33. The Kier molecular flexibility index (Phi) is 4.16. The van der Waals surface area contributed by atoms with Crippen LogP contribution in [0.5, 0.6) is 0 Å². The predicted octanol–water partition coefficient (Wildman–Crippen LogP) is 1.44. The normalized spacial score (nSPS) is 12.7. The summed E-state index contributed by atoms with van der Waals surface area (Å²) in [5, 5.41) is 8.80. The molecule has 0 radical (unpaired) electrons. The third kappa shape index (κ3) is 3.29. The van der Waals surface area contributed by atoms with Gasteiger partial charge in [-0.3, -0.25) is 4.84 Å². The van der Waals surface area contributed by atoms with E-state index in [1.807, 2.05) is 4.89 Å². The molecule has 1 aromatic heterocycles. The predicted molar refractivity (Wildman–Crippen MR) is 66.9 cm³/mol. The number of carboxylic acid groups (broad SMARTS) is 1. The fourth-order valence-corrected chi connectivity index (χ4v) is 3.32. The molecule has 0 saturated carbocycles. The Bertz CT molecular complexity index is 539. The highest BCUT2D eigenvalue weighted by molar-refractivity contribution is 7.91. The largest absolute Gasteiger partial charge is 0.479 e. The van der Waals surface area contributed by atoms with Gasteiger partial charge in [0.05, 0.1) is 0 Å². The molecule has 0 spiro atoms. The summed E-state index contributed by atoms with van der Waals surface area (Å²) in [6.45, 7) is 6.11. The van der Waals surface area contributed by atoms with Gasteiger partial charge in [-0.1, -0.05) is 4.89 Å². The van der Waals surface area contributed by atoms with Crippen LogP contribution in [-0.2, 0) is 19.7 Å². The number of hydrogen-bond acceptors (Lipinski definition) is 5. The maximum atomic E-state index is 11.8. The molecular formula is C10H15NO5S2. The first-order valence-electron chi connectivity index (χ1n) is 5.06. The molecule has 0 amide bonds. The fraction of sp³-hybridized carbons (Fsp3) is 0.500. The highest BCUT2D eigenvalue weighted by atomic mass is 32.2. The zero-order chi connectivity index (χ0) is 14.1. The van der Waals surface area contributed by atoms with E-state index in [-0.39, 0.29) is 4.21 Å². The van der Waals surface area contributed by atoms with E-state index in [9.17, 15) is 13.2 Å². The Hall–Kier alpha value is -0.960. The zero-order valence-corrected chi connectivity index (χ0v) is 12.1. The van der Waals surface area contributed by atoms with Gasteiger partial charge in [0, 0.05) is 4.88 Å². The Morgan fingerprint density at radius 3 is 2.39 bits per heavy atom. The third-order valence-corrected chi connectivity index (χ3v) is 5.14. The SMILES string of the molecule is Cc1cc(S(=O)(=O)NOC(C)(C)C(=O)O)sc1C. The van der Waals surface area contributed by atoms with Crippen LogP contribution in [0.15, 0.2) is 10.3 Å². The number of aryl methyl sites for hydroxylation is 2. The maximum Gasteiger partial charge on any atom is 0.337 e.